The molecule has 0 fully saturated rings. The molecule has 0 aromatic heterocycles. The van der Waals surface area contributed by atoms with E-state index in [1.165, 1.54) is 0 Å². The van der Waals surface area contributed by atoms with Gasteiger partial charge in [-0.1, -0.05) is 12.6 Å². The summed E-state index contributed by atoms with van der Waals surface area (Å²) < 4.78 is 5.45. The Hall–Kier alpha value is -1.16. The van der Waals surface area contributed by atoms with Crippen LogP contribution in [0.3, 0.4) is 0 Å². The Morgan fingerprint density at radius 1 is 1.50 bits per heavy atom. The van der Waals surface area contributed by atoms with Crippen molar-refractivity contribution in [2.45, 2.75) is 12.8 Å². The van der Waals surface area contributed by atoms with Gasteiger partial charge in [0.05, 0.1) is 6.61 Å². The number of hydrogen-bond acceptors (Lipinski definition) is 2. The van der Waals surface area contributed by atoms with Crippen molar-refractivity contribution in [2.24, 2.45) is 0 Å². The van der Waals surface area contributed by atoms with Gasteiger partial charge in [-0.2, -0.15) is 0 Å². The number of carbonyl (C=O) groups is 1. The molecular weight excluding hydrogens is 198 g/mol. The van der Waals surface area contributed by atoms with Crippen molar-refractivity contribution in [3.05, 3.63) is 23.8 Å². The normalized spacial score (nSPS) is 14.1. The molecule has 1 aromatic carbocycles. The summed E-state index contributed by atoms with van der Waals surface area (Å²) in [6.45, 7) is 0.783. The van der Waals surface area contributed by atoms with Gasteiger partial charge < -0.3 is 10.1 Å². The van der Waals surface area contributed by atoms with Crippen molar-refractivity contribution in [3.8, 4) is 5.75 Å². The average molecular weight is 209 g/mol. The lowest BCUT2D eigenvalue weighted by Crippen LogP contribution is -2.09. The lowest BCUT2D eigenvalue weighted by atomic mass is 10.1. The standard InChI is InChI=1S/C10H11NO2S/c12-10(14)11-8-3-4-9-7(6-8)2-1-5-13-9/h3-4,6H,1-2,5H2,(H2,11,12,14). The van der Waals surface area contributed by atoms with Crippen LogP contribution < -0.4 is 10.1 Å². The minimum absolute atomic E-state index is 0.346. The van der Waals surface area contributed by atoms with Gasteiger partial charge in [0.2, 0.25) is 0 Å². The zero-order valence-corrected chi connectivity index (χ0v) is 8.51. The Balaban J connectivity index is 2.24. The number of benzene rings is 1. The van der Waals surface area contributed by atoms with Crippen molar-refractivity contribution in [1.82, 2.24) is 0 Å². The molecule has 0 saturated heterocycles. The Bertz CT molecular complexity index is 365. The van der Waals surface area contributed by atoms with Crippen LogP contribution in [0.5, 0.6) is 5.75 Å². The highest BCUT2D eigenvalue weighted by Crippen LogP contribution is 2.27. The van der Waals surface area contributed by atoms with Gasteiger partial charge >= 0.3 is 0 Å². The number of hydrogen-bond donors (Lipinski definition) is 2. The van der Waals surface area contributed by atoms with Crippen molar-refractivity contribution in [2.75, 3.05) is 11.9 Å². The van der Waals surface area contributed by atoms with E-state index in [0.29, 0.717) is 0 Å². The second-order valence-electron chi connectivity index (χ2n) is 3.20. The SMILES string of the molecule is O=C(S)Nc1ccc2c(c1)CCCO2. The molecule has 0 aliphatic carbocycles. The molecule has 1 aliphatic rings. The van der Waals surface area contributed by atoms with Crippen molar-refractivity contribution in [1.29, 1.82) is 0 Å². The summed E-state index contributed by atoms with van der Waals surface area (Å²) in [6, 6.07) is 5.63. The fourth-order valence-electron chi connectivity index (χ4n) is 1.56. The number of thiol groups is 1. The summed E-state index contributed by atoms with van der Waals surface area (Å²) in [6.07, 6.45) is 2.04. The summed E-state index contributed by atoms with van der Waals surface area (Å²) in [5.41, 5.74) is 1.92. The zero-order chi connectivity index (χ0) is 9.97. The van der Waals surface area contributed by atoms with Crippen LogP contribution in [0.1, 0.15) is 12.0 Å². The van der Waals surface area contributed by atoms with E-state index in [-0.39, 0.29) is 5.24 Å². The minimum atomic E-state index is -0.346. The van der Waals surface area contributed by atoms with Gasteiger partial charge in [0.15, 0.2) is 0 Å². The largest absolute Gasteiger partial charge is 0.493 e. The molecule has 0 bridgehead atoms. The fraction of sp³-hybridized carbons (Fsp3) is 0.300. The molecule has 3 nitrogen and oxygen atoms in total. The first kappa shape index (κ1) is 9.40. The van der Waals surface area contributed by atoms with Gasteiger partial charge in [0.1, 0.15) is 5.75 Å². The van der Waals surface area contributed by atoms with E-state index in [1.807, 2.05) is 18.2 Å². The smallest absolute Gasteiger partial charge is 0.280 e. The van der Waals surface area contributed by atoms with Gasteiger partial charge in [-0.25, -0.2) is 0 Å². The molecule has 0 spiro atoms. The van der Waals surface area contributed by atoms with Gasteiger partial charge in [-0.05, 0) is 36.6 Å². The number of aryl methyl sites for hydroxylation is 1. The quantitative estimate of drug-likeness (QED) is 0.697. The van der Waals surface area contributed by atoms with Gasteiger partial charge in [-0.3, -0.25) is 4.79 Å². The molecule has 14 heavy (non-hydrogen) atoms. The molecule has 1 amide bonds. The molecule has 1 N–H and O–H groups in total. The predicted octanol–water partition coefficient (Wildman–Crippen LogP) is 2.47. The molecule has 0 atom stereocenters. The lowest BCUT2D eigenvalue weighted by Gasteiger charge is -2.17. The Kier molecular flexibility index (Phi) is 2.63. The second-order valence-corrected chi connectivity index (χ2v) is 3.61. The van der Waals surface area contributed by atoms with Crippen LogP contribution in [0.4, 0.5) is 10.5 Å². The summed E-state index contributed by atoms with van der Waals surface area (Å²) in [7, 11) is 0. The highest BCUT2D eigenvalue weighted by Gasteiger charge is 2.10. The molecule has 4 heteroatoms. The van der Waals surface area contributed by atoms with E-state index < -0.39 is 0 Å². The Morgan fingerprint density at radius 3 is 3.14 bits per heavy atom. The second kappa shape index (κ2) is 3.92. The van der Waals surface area contributed by atoms with E-state index in [4.69, 9.17) is 4.74 Å². The van der Waals surface area contributed by atoms with Gasteiger partial charge in [0.25, 0.3) is 5.24 Å². The van der Waals surface area contributed by atoms with E-state index in [0.717, 1.165) is 36.4 Å². The summed E-state index contributed by atoms with van der Waals surface area (Å²) in [5.74, 6) is 0.924. The first-order valence-electron chi connectivity index (χ1n) is 4.51. The number of ether oxygens (including phenoxy) is 1. The first-order chi connectivity index (χ1) is 6.75. The van der Waals surface area contributed by atoms with Crippen molar-refractivity contribution < 1.29 is 9.53 Å². The summed E-state index contributed by atoms with van der Waals surface area (Å²) in [5, 5.41) is 2.28. The number of rotatable bonds is 1. The van der Waals surface area contributed by atoms with Crippen LogP contribution >= 0.6 is 12.6 Å². The molecule has 74 valence electrons. The third-order valence-electron chi connectivity index (χ3n) is 2.16. The Morgan fingerprint density at radius 2 is 2.36 bits per heavy atom. The van der Waals surface area contributed by atoms with Gasteiger partial charge in [-0.15, -0.1) is 0 Å². The first-order valence-corrected chi connectivity index (χ1v) is 4.96. The third kappa shape index (κ3) is 2.01. The van der Waals surface area contributed by atoms with Crippen LogP contribution in [0, 0.1) is 0 Å². The molecule has 1 aliphatic heterocycles. The molecular formula is C10H11NO2S. The number of carbonyl (C=O) groups excluding carboxylic acids is 1. The van der Waals surface area contributed by atoms with Gasteiger partial charge in [0, 0.05) is 5.69 Å². The fourth-order valence-corrected chi connectivity index (χ4v) is 1.69. The van der Waals surface area contributed by atoms with Crippen LogP contribution in [-0.2, 0) is 6.42 Å². The van der Waals surface area contributed by atoms with Crippen molar-refractivity contribution in [3.63, 3.8) is 0 Å². The molecule has 2 rings (SSSR count). The van der Waals surface area contributed by atoms with E-state index in [9.17, 15) is 4.79 Å². The number of fused-ring (bicyclic) bond motifs is 1. The minimum Gasteiger partial charge on any atom is -0.493 e. The predicted molar refractivity (Wildman–Crippen MR) is 58.3 cm³/mol. The molecule has 0 unspecified atom stereocenters. The van der Waals surface area contributed by atoms with Crippen molar-refractivity contribution >= 4 is 23.6 Å². The summed E-state index contributed by atoms with van der Waals surface area (Å²) >= 11 is 3.65. The third-order valence-corrected chi connectivity index (χ3v) is 2.27. The van der Waals surface area contributed by atoms with Crippen LogP contribution in [0.2, 0.25) is 0 Å². The molecule has 0 saturated carbocycles. The van der Waals surface area contributed by atoms with E-state index in [2.05, 4.69) is 17.9 Å². The number of anilines is 1. The maximum absolute atomic E-state index is 10.7. The monoisotopic (exact) mass is 209 g/mol. The van der Waals surface area contributed by atoms with Crippen LogP contribution in [-0.4, -0.2) is 11.8 Å². The Labute approximate surface area is 87.9 Å². The maximum Gasteiger partial charge on any atom is 0.280 e. The van der Waals surface area contributed by atoms with Crippen LogP contribution in [0.15, 0.2) is 18.2 Å². The molecule has 1 heterocycles. The molecule has 0 radical (unpaired) electrons. The highest BCUT2D eigenvalue weighted by molar-refractivity contribution is 7.96. The highest BCUT2D eigenvalue weighted by atomic mass is 32.1. The van der Waals surface area contributed by atoms with Crippen LogP contribution in [0.25, 0.3) is 0 Å². The average Bonchev–Trinajstić information content (AvgIpc) is 2.17. The maximum atomic E-state index is 10.7. The topological polar surface area (TPSA) is 38.3 Å². The van der Waals surface area contributed by atoms with E-state index >= 15 is 0 Å². The van der Waals surface area contributed by atoms with E-state index in [1.54, 1.807) is 0 Å². The number of nitrogens with one attached hydrogen (secondary N) is 1. The summed E-state index contributed by atoms with van der Waals surface area (Å²) in [4.78, 5) is 10.7. The lowest BCUT2D eigenvalue weighted by molar-refractivity contribution is 0.270. The molecule has 1 aromatic rings. The number of amides is 1. The zero-order valence-electron chi connectivity index (χ0n) is 7.62.